The molecule has 5 aromatic rings. The summed E-state index contributed by atoms with van der Waals surface area (Å²) < 4.78 is 9.17. The van der Waals surface area contributed by atoms with Crippen molar-refractivity contribution in [3.8, 4) is 0 Å². The van der Waals surface area contributed by atoms with Gasteiger partial charge in [-0.3, -0.25) is 0 Å². The molecule has 3 aromatic carbocycles. The van der Waals surface area contributed by atoms with E-state index in [1.54, 1.807) is 25.1 Å². The fourth-order valence-corrected chi connectivity index (χ4v) is 2.34. The van der Waals surface area contributed by atoms with Gasteiger partial charge in [-0.25, -0.2) is 0 Å². The number of benzene rings is 3. The van der Waals surface area contributed by atoms with Gasteiger partial charge in [-0.05, 0) is 57.9 Å². The Morgan fingerprint density at radius 2 is 0.667 bits per heavy atom. The van der Waals surface area contributed by atoms with Gasteiger partial charge in [-0.1, -0.05) is 48.5 Å². The Kier molecular flexibility index (Phi) is 5.47. The lowest BCUT2D eigenvalue weighted by molar-refractivity contribution is 0.567. The van der Waals surface area contributed by atoms with Crippen molar-refractivity contribution in [3.63, 3.8) is 0 Å². The van der Waals surface area contributed by atoms with E-state index in [9.17, 15) is 0 Å². The molecule has 2 heterocycles. The smallest absolute Gasteiger partial charge is 0.0902 e. The Balaban J connectivity index is 0.000000138. The highest BCUT2D eigenvalue weighted by Crippen LogP contribution is 2.21. The summed E-state index contributed by atoms with van der Waals surface area (Å²) in [7, 11) is 0. The van der Waals surface area contributed by atoms with E-state index in [1.165, 1.54) is 21.5 Å². The topological polar surface area (TPSA) is 26.3 Å². The molecule has 0 N–H and O–H groups in total. The van der Waals surface area contributed by atoms with E-state index in [2.05, 4.69) is 69.5 Å². The highest BCUT2D eigenvalue weighted by molar-refractivity contribution is 5.98. The second-order valence-corrected chi connectivity index (χ2v) is 5.13. The van der Waals surface area contributed by atoms with Crippen LogP contribution in [0.15, 0.2) is 119 Å². The molecule has 24 heavy (non-hydrogen) atoms. The standard InChI is InChI=1S/C14H10.2C4H4O/c1-2-6-12-10-14-8-4-3-7-13(14)9-11(12)5-1;2*1-2-4-5-3-1/h1-10H;2*1-4H. The average Bonchev–Trinajstić information content (AvgIpc) is 3.38. The van der Waals surface area contributed by atoms with Crippen molar-refractivity contribution in [1.29, 1.82) is 0 Å². The maximum absolute atomic E-state index is 4.58. The van der Waals surface area contributed by atoms with E-state index in [4.69, 9.17) is 0 Å². The molecule has 0 radical (unpaired) electrons. The van der Waals surface area contributed by atoms with Gasteiger partial charge >= 0.3 is 0 Å². The summed E-state index contributed by atoms with van der Waals surface area (Å²) in [6.07, 6.45) is 6.50. The van der Waals surface area contributed by atoms with Crippen molar-refractivity contribution in [3.05, 3.63) is 110 Å². The molecular weight excluding hydrogens is 296 g/mol. The Labute approximate surface area is 141 Å². The molecule has 0 aliphatic carbocycles. The molecule has 0 spiro atoms. The lowest BCUT2D eigenvalue weighted by atomic mass is 10.0. The number of furan rings is 2. The minimum atomic E-state index is 1.31. The first-order valence-electron chi connectivity index (χ1n) is 7.75. The van der Waals surface area contributed by atoms with Crippen molar-refractivity contribution in [2.45, 2.75) is 0 Å². The third-order valence-electron chi connectivity index (χ3n) is 3.46. The first-order valence-corrected chi connectivity index (χ1v) is 7.75. The van der Waals surface area contributed by atoms with Crippen LogP contribution in [-0.2, 0) is 0 Å². The molecule has 0 aliphatic rings. The second kappa shape index (κ2) is 8.39. The predicted octanol–water partition coefficient (Wildman–Crippen LogP) is 6.55. The van der Waals surface area contributed by atoms with E-state index in [-0.39, 0.29) is 0 Å². The molecule has 0 unspecified atom stereocenters. The second-order valence-electron chi connectivity index (χ2n) is 5.13. The summed E-state index contributed by atoms with van der Waals surface area (Å²) >= 11 is 0. The van der Waals surface area contributed by atoms with Gasteiger partial charge in [0.15, 0.2) is 0 Å². The van der Waals surface area contributed by atoms with Crippen molar-refractivity contribution >= 4 is 21.5 Å². The van der Waals surface area contributed by atoms with Crippen molar-refractivity contribution in [2.75, 3.05) is 0 Å². The molecule has 5 rings (SSSR count). The van der Waals surface area contributed by atoms with Gasteiger partial charge in [0.25, 0.3) is 0 Å². The van der Waals surface area contributed by atoms with Crippen molar-refractivity contribution in [2.24, 2.45) is 0 Å². The molecule has 0 saturated heterocycles. The van der Waals surface area contributed by atoms with Gasteiger partial charge in [0.2, 0.25) is 0 Å². The van der Waals surface area contributed by atoms with Crippen LogP contribution in [0, 0.1) is 0 Å². The lowest BCUT2D eigenvalue weighted by Gasteiger charge is -2.00. The molecule has 0 bridgehead atoms. The van der Waals surface area contributed by atoms with Crippen LogP contribution in [0.4, 0.5) is 0 Å². The summed E-state index contributed by atoms with van der Waals surface area (Å²) in [4.78, 5) is 0. The van der Waals surface area contributed by atoms with E-state index in [0.29, 0.717) is 0 Å². The monoisotopic (exact) mass is 314 g/mol. The fourth-order valence-electron chi connectivity index (χ4n) is 2.34. The van der Waals surface area contributed by atoms with E-state index in [1.807, 2.05) is 24.3 Å². The van der Waals surface area contributed by atoms with Crippen molar-refractivity contribution < 1.29 is 8.83 Å². The highest BCUT2D eigenvalue weighted by atomic mass is 16.3. The van der Waals surface area contributed by atoms with Crippen LogP contribution in [0.25, 0.3) is 21.5 Å². The van der Waals surface area contributed by atoms with Gasteiger partial charge in [0.1, 0.15) is 0 Å². The quantitative estimate of drug-likeness (QED) is 0.303. The minimum absolute atomic E-state index is 1.31. The van der Waals surface area contributed by atoms with Crippen molar-refractivity contribution in [1.82, 2.24) is 0 Å². The van der Waals surface area contributed by atoms with E-state index >= 15 is 0 Å². The third kappa shape index (κ3) is 4.37. The van der Waals surface area contributed by atoms with Crippen LogP contribution >= 0.6 is 0 Å². The number of rotatable bonds is 0. The molecular formula is C22H18O2. The Bertz CT molecular complexity index is 786. The maximum atomic E-state index is 4.58. The van der Waals surface area contributed by atoms with Crippen LogP contribution < -0.4 is 0 Å². The zero-order valence-electron chi connectivity index (χ0n) is 13.2. The minimum Gasteiger partial charge on any atom is -0.473 e. The molecule has 0 amide bonds. The highest BCUT2D eigenvalue weighted by Gasteiger charge is 1.95. The first-order chi connectivity index (χ1) is 11.9. The molecule has 0 atom stereocenters. The van der Waals surface area contributed by atoms with Gasteiger partial charge in [0.05, 0.1) is 25.1 Å². The molecule has 2 aromatic heterocycles. The maximum Gasteiger partial charge on any atom is 0.0902 e. The first kappa shape index (κ1) is 15.6. The summed E-state index contributed by atoms with van der Waals surface area (Å²) in [5.41, 5.74) is 0. The zero-order chi connectivity index (χ0) is 16.5. The van der Waals surface area contributed by atoms with Gasteiger partial charge in [0, 0.05) is 0 Å². The Morgan fingerprint density at radius 3 is 0.875 bits per heavy atom. The molecule has 2 heteroatoms. The van der Waals surface area contributed by atoms with Gasteiger partial charge in [-0.2, -0.15) is 0 Å². The van der Waals surface area contributed by atoms with Crippen LogP contribution in [0.1, 0.15) is 0 Å². The Hall–Kier alpha value is -3.26. The number of hydrogen-bond acceptors (Lipinski definition) is 2. The molecule has 2 nitrogen and oxygen atoms in total. The molecule has 0 saturated carbocycles. The Morgan fingerprint density at radius 1 is 0.375 bits per heavy atom. The van der Waals surface area contributed by atoms with Gasteiger partial charge in [-0.15, -0.1) is 0 Å². The van der Waals surface area contributed by atoms with Gasteiger partial charge < -0.3 is 8.83 Å². The molecule has 0 fully saturated rings. The third-order valence-corrected chi connectivity index (χ3v) is 3.46. The summed E-state index contributed by atoms with van der Waals surface area (Å²) in [6, 6.07) is 28.8. The molecule has 118 valence electrons. The number of hydrogen-bond donors (Lipinski definition) is 0. The average molecular weight is 314 g/mol. The van der Waals surface area contributed by atoms with Crippen LogP contribution in [0.3, 0.4) is 0 Å². The van der Waals surface area contributed by atoms with E-state index in [0.717, 1.165) is 0 Å². The normalized spacial score (nSPS) is 9.67. The summed E-state index contributed by atoms with van der Waals surface area (Å²) in [5.74, 6) is 0. The number of fused-ring (bicyclic) bond motifs is 2. The summed E-state index contributed by atoms with van der Waals surface area (Å²) in [5, 5.41) is 5.25. The summed E-state index contributed by atoms with van der Waals surface area (Å²) in [6.45, 7) is 0. The largest absolute Gasteiger partial charge is 0.473 e. The predicted molar refractivity (Wildman–Crippen MR) is 98.9 cm³/mol. The van der Waals surface area contributed by atoms with Crippen LogP contribution in [0.5, 0.6) is 0 Å². The zero-order valence-corrected chi connectivity index (χ0v) is 13.2. The fraction of sp³-hybridized carbons (Fsp3) is 0. The van der Waals surface area contributed by atoms with Crippen LogP contribution in [-0.4, -0.2) is 0 Å². The van der Waals surface area contributed by atoms with Crippen LogP contribution in [0.2, 0.25) is 0 Å². The lowest BCUT2D eigenvalue weighted by Crippen LogP contribution is -1.74. The van der Waals surface area contributed by atoms with E-state index < -0.39 is 0 Å². The SMILES string of the molecule is c1ccc2cc3ccccc3cc2c1.c1ccoc1.c1ccoc1. The molecule has 0 aliphatic heterocycles.